The number of rotatable bonds is 2. The van der Waals surface area contributed by atoms with Gasteiger partial charge in [0.1, 0.15) is 0 Å². The molecule has 0 spiro atoms. The van der Waals surface area contributed by atoms with Crippen LogP contribution in [-0.2, 0) is 6.42 Å². The van der Waals surface area contributed by atoms with Gasteiger partial charge in [-0.25, -0.2) is 0 Å². The molecule has 0 bridgehead atoms. The standard InChI is InChI=1S/C3H5N5O/c9-2-1-3-4-6-8-7-5-3/h9H,1-2H2. The Morgan fingerprint density at radius 2 is 1.78 bits per heavy atom. The molecule has 0 aliphatic rings. The Kier molecular flexibility index (Phi) is 1.97. The Morgan fingerprint density at radius 3 is 2.33 bits per heavy atom. The van der Waals surface area contributed by atoms with Crippen LogP contribution in [0.15, 0.2) is 0 Å². The quantitative estimate of drug-likeness (QED) is 0.504. The number of aromatic nitrogens is 5. The molecule has 1 N–H and O–H groups in total. The SMILES string of the molecule is OCCc1nnnnn1. The van der Waals surface area contributed by atoms with Crippen molar-refractivity contribution in [3.63, 3.8) is 0 Å². The summed E-state index contributed by atoms with van der Waals surface area (Å²) in [6.45, 7) is 0.00731. The van der Waals surface area contributed by atoms with Gasteiger partial charge in [0.25, 0.3) is 0 Å². The molecule has 0 aromatic carbocycles. The lowest BCUT2D eigenvalue weighted by Crippen LogP contribution is -2.04. The third kappa shape index (κ3) is 1.65. The maximum atomic E-state index is 8.36. The van der Waals surface area contributed by atoms with Gasteiger partial charge in [0.15, 0.2) is 5.82 Å². The van der Waals surface area contributed by atoms with E-state index < -0.39 is 0 Å². The highest BCUT2D eigenvalue weighted by molar-refractivity contribution is 4.73. The van der Waals surface area contributed by atoms with Crippen molar-refractivity contribution in [1.29, 1.82) is 0 Å². The van der Waals surface area contributed by atoms with Gasteiger partial charge in [-0.3, -0.25) is 0 Å². The van der Waals surface area contributed by atoms with Crippen LogP contribution in [0.3, 0.4) is 0 Å². The van der Waals surface area contributed by atoms with Gasteiger partial charge in [0.05, 0.1) is 6.61 Å². The van der Waals surface area contributed by atoms with Crippen molar-refractivity contribution in [1.82, 2.24) is 25.8 Å². The number of aliphatic hydroxyl groups is 1. The van der Waals surface area contributed by atoms with Crippen molar-refractivity contribution in [2.45, 2.75) is 6.42 Å². The zero-order valence-electron chi connectivity index (χ0n) is 4.60. The second kappa shape index (κ2) is 2.98. The smallest absolute Gasteiger partial charge is 0.179 e. The third-order valence-corrected chi connectivity index (χ3v) is 0.736. The number of nitrogens with zero attached hydrogens (tertiary/aromatic N) is 5. The van der Waals surface area contributed by atoms with Gasteiger partial charge in [-0.2, -0.15) is 0 Å². The highest BCUT2D eigenvalue weighted by Crippen LogP contribution is 1.79. The summed E-state index contributed by atoms with van der Waals surface area (Å²) in [5, 5.41) is 24.9. The van der Waals surface area contributed by atoms with Crippen molar-refractivity contribution in [3.05, 3.63) is 5.82 Å². The molecule has 9 heavy (non-hydrogen) atoms. The summed E-state index contributed by atoms with van der Waals surface area (Å²) < 4.78 is 0. The lowest BCUT2D eigenvalue weighted by Gasteiger charge is -1.87. The fourth-order valence-corrected chi connectivity index (χ4v) is 0.381. The first-order valence-electron chi connectivity index (χ1n) is 2.42. The van der Waals surface area contributed by atoms with Crippen molar-refractivity contribution < 1.29 is 5.11 Å². The average Bonchev–Trinajstić information content (AvgIpc) is 1.91. The maximum Gasteiger partial charge on any atom is 0.179 e. The monoisotopic (exact) mass is 127 g/mol. The molecular weight excluding hydrogens is 122 g/mol. The van der Waals surface area contributed by atoms with Gasteiger partial charge in [-0.05, 0) is 15.6 Å². The van der Waals surface area contributed by atoms with Gasteiger partial charge < -0.3 is 5.11 Å². The van der Waals surface area contributed by atoms with Crippen LogP contribution in [0.1, 0.15) is 5.82 Å². The van der Waals surface area contributed by atoms with Crippen molar-refractivity contribution in [3.8, 4) is 0 Å². The molecule has 0 saturated carbocycles. The summed E-state index contributed by atoms with van der Waals surface area (Å²) in [5.41, 5.74) is 0. The summed E-state index contributed by atoms with van der Waals surface area (Å²) in [6.07, 6.45) is 0.377. The topological polar surface area (TPSA) is 84.7 Å². The van der Waals surface area contributed by atoms with Crippen LogP contribution in [0.5, 0.6) is 0 Å². The minimum Gasteiger partial charge on any atom is -0.396 e. The minimum atomic E-state index is 0.00731. The highest BCUT2D eigenvalue weighted by Gasteiger charge is 1.92. The van der Waals surface area contributed by atoms with E-state index in [-0.39, 0.29) is 6.61 Å². The van der Waals surface area contributed by atoms with Crippen molar-refractivity contribution in [2.24, 2.45) is 0 Å². The zero-order chi connectivity index (χ0) is 6.53. The molecule has 0 radical (unpaired) electrons. The maximum absolute atomic E-state index is 8.36. The molecule has 0 fully saturated rings. The van der Waals surface area contributed by atoms with E-state index in [2.05, 4.69) is 25.8 Å². The van der Waals surface area contributed by atoms with Crippen LogP contribution in [0.25, 0.3) is 0 Å². The first kappa shape index (κ1) is 5.96. The molecule has 0 aliphatic heterocycles. The molecule has 0 saturated heterocycles. The molecule has 48 valence electrons. The molecular formula is C3H5N5O. The first-order chi connectivity index (χ1) is 4.43. The molecule has 1 heterocycles. The predicted octanol–water partition coefficient (Wildman–Crippen LogP) is -1.80. The van der Waals surface area contributed by atoms with Crippen LogP contribution in [0, 0.1) is 0 Å². The van der Waals surface area contributed by atoms with Gasteiger partial charge in [-0.15, -0.1) is 10.2 Å². The molecule has 0 amide bonds. The first-order valence-corrected chi connectivity index (χ1v) is 2.42. The van der Waals surface area contributed by atoms with E-state index in [9.17, 15) is 0 Å². The van der Waals surface area contributed by atoms with Crippen molar-refractivity contribution >= 4 is 0 Å². The van der Waals surface area contributed by atoms with E-state index in [4.69, 9.17) is 5.11 Å². The summed E-state index contributed by atoms with van der Waals surface area (Å²) in [6, 6.07) is 0. The lowest BCUT2D eigenvalue weighted by molar-refractivity contribution is 0.294. The fraction of sp³-hybridized carbons (Fsp3) is 0.667. The molecule has 0 atom stereocenters. The van der Waals surface area contributed by atoms with Crippen LogP contribution in [0.4, 0.5) is 0 Å². The largest absolute Gasteiger partial charge is 0.396 e. The summed E-state index contributed by atoms with van der Waals surface area (Å²) in [4.78, 5) is 0. The zero-order valence-corrected chi connectivity index (χ0v) is 4.60. The predicted molar refractivity (Wildman–Crippen MR) is 26.2 cm³/mol. The van der Waals surface area contributed by atoms with Gasteiger partial charge in [-0.1, -0.05) is 0 Å². The third-order valence-electron chi connectivity index (χ3n) is 0.736. The van der Waals surface area contributed by atoms with Crippen LogP contribution in [0.2, 0.25) is 0 Å². The van der Waals surface area contributed by atoms with Crippen LogP contribution in [-0.4, -0.2) is 37.6 Å². The summed E-state index contributed by atoms with van der Waals surface area (Å²) >= 11 is 0. The Hall–Kier alpha value is -1.17. The fourth-order valence-electron chi connectivity index (χ4n) is 0.381. The van der Waals surface area contributed by atoms with E-state index >= 15 is 0 Å². The molecule has 1 aromatic rings. The van der Waals surface area contributed by atoms with Gasteiger partial charge in [0, 0.05) is 6.42 Å². The summed E-state index contributed by atoms with van der Waals surface area (Å²) in [5.74, 6) is 0.410. The normalized spacial score (nSPS) is 9.44. The Labute approximate surface area is 50.9 Å². The molecule has 1 aromatic heterocycles. The van der Waals surface area contributed by atoms with Crippen LogP contribution < -0.4 is 0 Å². The van der Waals surface area contributed by atoms with E-state index in [0.717, 1.165) is 0 Å². The van der Waals surface area contributed by atoms with E-state index in [0.29, 0.717) is 12.2 Å². The lowest BCUT2D eigenvalue weighted by atomic mass is 10.4. The number of aliphatic hydroxyl groups excluding tert-OH is 1. The summed E-state index contributed by atoms with van der Waals surface area (Å²) in [7, 11) is 0. The highest BCUT2D eigenvalue weighted by atomic mass is 16.3. The second-order valence-corrected chi connectivity index (χ2v) is 1.36. The average molecular weight is 127 g/mol. The Morgan fingerprint density at radius 1 is 1.11 bits per heavy atom. The number of hydrogen-bond acceptors (Lipinski definition) is 6. The molecule has 6 nitrogen and oxygen atoms in total. The molecule has 1 rings (SSSR count). The molecule has 0 aliphatic carbocycles. The van der Waals surface area contributed by atoms with Crippen molar-refractivity contribution in [2.75, 3.05) is 6.61 Å². The minimum absolute atomic E-state index is 0.00731. The van der Waals surface area contributed by atoms with Crippen LogP contribution >= 0.6 is 0 Å². The molecule has 6 heteroatoms. The Balaban J connectivity index is 2.61. The second-order valence-electron chi connectivity index (χ2n) is 1.36. The number of hydrogen-bond donors (Lipinski definition) is 1. The molecule has 0 unspecified atom stereocenters. The van der Waals surface area contributed by atoms with E-state index in [1.165, 1.54) is 0 Å². The Bertz CT molecular complexity index is 165. The van der Waals surface area contributed by atoms with Gasteiger partial charge in [0.2, 0.25) is 0 Å². The van der Waals surface area contributed by atoms with E-state index in [1.807, 2.05) is 0 Å². The van der Waals surface area contributed by atoms with Gasteiger partial charge >= 0.3 is 0 Å². The van der Waals surface area contributed by atoms with E-state index in [1.54, 1.807) is 0 Å².